The molecular weight excluding hydrogens is 288 g/mol. The molecule has 2 heterocycles. The fraction of sp³-hybridized carbons (Fsp3) is 0.882. The summed E-state index contributed by atoms with van der Waals surface area (Å²) in [7, 11) is 4.85. The van der Waals surface area contributed by atoms with Crippen molar-refractivity contribution in [3.63, 3.8) is 0 Å². The van der Waals surface area contributed by atoms with Crippen molar-refractivity contribution < 1.29 is 13.5 Å². The van der Waals surface area contributed by atoms with Gasteiger partial charge < -0.3 is 14.7 Å². The first-order chi connectivity index (χ1) is 10.9. The minimum absolute atomic E-state index is 0.726. The second-order valence-corrected chi connectivity index (χ2v) is 8.05. The van der Waals surface area contributed by atoms with Crippen LogP contribution in [-0.2, 0) is 13.1 Å². The monoisotopic (exact) mass is 325 g/mol. The molecule has 23 heavy (non-hydrogen) atoms. The van der Waals surface area contributed by atoms with Crippen LogP contribution in [0.4, 0.5) is 0 Å². The number of aryl methyl sites for hydroxylation is 2. The lowest BCUT2D eigenvalue weighted by Gasteiger charge is -2.48. The summed E-state index contributed by atoms with van der Waals surface area (Å²) in [6, 6.07) is 0.735. The van der Waals surface area contributed by atoms with E-state index in [4.69, 9.17) is 5.73 Å². The lowest BCUT2D eigenvalue weighted by Crippen LogP contribution is -2.66. The molecule has 1 saturated heterocycles. The van der Waals surface area contributed by atoms with Crippen LogP contribution in [-0.4, -0.2) is 78.2 Å². The number of piperazine rings is 1. The lowest BCUT2D eigenvalue weighted by atomic mass is 10.1. The normalized spacial score (nSPS) is 28.4. The van der Waals surface area contributed by atoms with Gasteiger partial charge in [-0.15, -0.1) is 4.68 Å². The Bertz CT molecular complexity index is 473. The molecule has 132 valence electrons. The number of rotatable bonds is 8. The predicted octanol–water partition coefficient (Wildman–Crippen LogP) is 0.225. The Kier molecular flexibility index (Phi) is 6.17. The highest BCUT2D eigenvalue weighted by molar-refractivity contribution is 4.54. The predicted molar refractivity (Wildman–Crippen MR) is 92.6 cm³/mol. The van der Waals surface area contributed by atoms with Crippen LogP contribution in [0.3, 0.4) is 0 Å². The molecule has 0 atom stereocenters. The Morgan fingerprint density at radius 3 is 2.48 bits per heavy atom. The van der Waals surface area contributed by atoms with Gasteiger partial charge >= 0.3 is 0 Å². The van der Waals surface area contributed by atoms with Crippen LogP contribution in [0, 0.1) is 0 Å². The van der Waals surface area contributed by atoms with Crippen LogP contribution in [0.2, 0.25) is 0 Å². The Labute approximate surface area is 141 Å². The number of hydrogen-bond donors (Lipinski definition) is 1. The SMILES string of the molecule is CC(C)[N+]1(C)CC[N+](C)(CCC[n+]2cnn(CCCN)c2)CC1. The fourth-order valence-corrected chi connectivity index (χ4v) is 3.39. The molecule has 1 aliphatic rings. The molecule has 0 aromatic carbocycles. The van der Waals surface area contributed by atoms with E-state index in [0.717, 1.165) is 32.1 Å². The highest BCUT2D eigenvalue weighted by atomic mass is 15.5. The van der Waals surface area contributed by atoms with Crippen LogP contribution in [0.1, 0.15) is 26.7 Å². The Balaban J connectivity index is 1.75. The van der Waals surface area contributed by atoms with Crippen LogP contribution < -0.4 is 10.3 Å². The second kappa shape index (κ2) is 7.73. The molecule has 1 aliphatic heterocycles. The van der Waals surface area contributed by atoms with Crippen molar-refractivity contribution in [3.8, 4) is 0 Å². The smallest absolute Gasteiger partial charge is 0.265 e. The minimum atomic E-state index is 0.726. The third kappa shape index (κ3) is 4.99. The summed E-state index contributed by atoms with van der Waals surface area (Å²) in [6.45, 7) is 13.9. The first-order valence-electron chi connectivity index (χ1n) is 9.16. The van der Waals surface area contributed by atoms with E-state index in [2.05, 4.69) is 43.9 Å². The molecule has 0 saturated carbocycles. The van der Waals surface area contributed by atoms with Crippen molar-refractivity contribution in [3.05, 3.63) is 12.7 Å². The summed E-state index contributed by atoms with van der Waals surface area (Å²) in [5, 5.41) is 4.39. The maximum absolute atomic E-state index is 5.55. The molecule has 6 heteroatoms. The molecule has 0 bridgehead atoms. The van der Waals surface area contributed by atoms with E-state index in [9.17, 15) is 0 Å². The molecule has 1 fully saturated rings. The summed E-state index contributed by atoms with van der Waals surface area (Å²) in [5.41, 5.74) is 5.55. The van der Waals surface area contributed by atoms with Crippen LogP contribution >= 0.6 is 0 Å². The summed E-state index contributed by atoms with van der Waals surface area (Å²) in [4.78, 5) is 0. The molecule has 0 aliphatic carbocycles. The van der Waals surface area contributed by atoms with Crippen LogP contribution in [0.15, 0.2) is 12.7 Å². The second-order valence-electron chi connectivity index (χ2n) is 8.05. The third-order valence-corrected chi connectivity index (χ3v) is 5.88. The van der Waals surface area contributed by atoms with Crippen molar-refractivity contribution >= 4 is 0 Å². The summed E-state index contributed by atoms with van der Waals surface area (Å²) in [5.74, 6) is 0. The number of likely N-dealkylation sites (N-methyl/N-ethyl adjacent to an activating group) is 2. The van der Waals surface area contributed by atoms with Gasteiger partial charge in [0.15, 0.2) is 0 Å². The van der Waals surface area contributed by atoms with Crippen LogP contribution in [0.25, 0.3) is 0 Å². The van der Waals surface area contributed by atoms with E-state index in [1.807, 2.05) is 11.0 Å². The Morgan fingerprint density at radius 1 is 1.17 bits per heavy atom. The molecule has 1 aromatic heterocycles. The summed E-state index contributed by atoms with van der Waals surface area (Å²) < 4.78 is 6.66. The zero-order valence-corrected chi connectivity index (χ0v) is 15.6. The van der Waals surface area contributed by atoms with Crippen LogP contribution in [0.5, 0.6) is 0 Å². The minimum Gasteiger partial charge on any atom is -0.330 e. The Hall–Kier alpha value is -0.980. The van der Waals surface area contributed by atoms with Gasteiger partial charge in [0.2, 0.25) is 6.33 Å². The van der Waals surface area contributed by atoms with E-state index in [1.165, 1.54) is 48.1 Å². The van der Waals surface area contributed by atoms with E-state index in [0.29, 0.717) is 0 Å². The maximum Gasteiger partial charge on any atom is 0.265 e. The first-order valence-corrected chi connectivity index (χ1v) is 9.16. The molecule has 2 rings (SSSR count). The largest absolute Gasteiger partial charge is 0.330 e. The van der Waals surface area contributed by atoms with Gasteiger partial charge in [0, 0.05) is 11.5 Å². The number of aromatic nitrogens is 3. The van der Waals surface area contributed by atoms with Gasteiger partial charge in [0.25, 0.3) is 6.33 Å². The van der Waals surface area contributed by atoms with Crippen molar-refractivity contribution in [1.29, 1.82) is 0 Å². The Morgan fingerprint density at radius 2 is 1.87 bits per heavy atom. The first kappa shape index (κ1) is 18.4. The number of nitrogens with two attached hydrogens (primary N) is 1. The molecule has 0 spiro atoms. The van der Waals surface area contributed by atoms with E-state index < -0.39 is 0 Å². The summed E-state index contributed by atoms with van der Waals surface area (Å²) in [6.07, 6.45) is 6.26. The van der Waals surface area contributed by atoms with Gasteiger partial charge in [-0.25, -0.2) is 4.57 Å². The van der Waals surface area contributed by atoms with Gasteiger partial charge in [-0.2, -0.15) is 0 Å². The summed E-state index contributed by atoms with van der Waals surface area (Å²) >= 11 is 0. The molecule has 0 amide bonds. The van der Waals surface area contributed by atoms with Gasteiger partial charge in [-0.1, -0.05) is 0 Å². The average Bonchev–Trinajstić information content (AvgIpc) is 2.96. The van der Waals surface area contributed by atoms with E-state index in [-0.39, 0.29) is 0 Å². The van der Waals surface area contributed by atoms with Crippen molar-refractivity contribution in [1.82, 2.24) is 9.78 Å². The molecular formula is C17H37N6+3. The zero-order chi connectivity index (χ0) is 16.9. The zero-order valence-electron chi connectivity index (χ0n) is 15.6. The topological polar surface area (TPSA) is 47.7 Å². The number of nitrogens with zero attached hydrogens (tertiary/aromatic N) is 5. The molecule has 0 unspecified atom stereocenters. The lowest BCUT2D eigenvalue weighted by molar-refractivity contribution is -1.02. The highest BCUT2D eigenvalue weighted by Gasteiger charge is 2.38. The molecule has 1 aromatic rings. The van der Waals surface area contributed by atoms with Gasteiger partial charge in [-0.05, 0) is 26.8 Å². The van der Waals surface area contributed by atoms with Crippen molar-refractivity contribution in [2.24, 2.45) is 5.73 Å². The number of quaternary nitrogens is 2. The molecule has 0 radical (unpaired) electrons. The van der Waals surface area contributed by atoms with Gasteiger partial charge in [-0.3, -0.25) is 0 Å². The van der Waals surface area contributed by atoms with E-state index >= 15 is 0 Å². The van der Waals surface area contributed by atoms with E-state index in [1.54, 1.807) is 0 Å². The van der Waals surface area contributed by atoms with Crippen molar-refractivity contribution in [2.45, 2.75) is 45.8 Å². The fourth-order valence-electron chi connectivity index (χ4n) is 3.39. The molecule has 2 N–H and O–H groups in total. The third-order valence-electron chi connectivity index (χ3n) is 5.88. The molecule has 6 nitrogen and oxygen atoms in total. The average molecular weight is 326 g/mol. The maximum atomic E-state index is 5.55. The number of hydrogen-bond acceptors (Lipinski definition) is 2. The highest BCUT2D eigenvalue weighted by Crippen LogP contribution is 2.19. The van der Waals surface area contributed by atoms with Gasteiger partial charge in [0.1, 0.15) is 32.7 Å². The van der Waals surface area contributed by atoms with Gasteiger partial charge in [0.05, 0.1) is 33.2 Å². The quantitative estimate of drug-likeness (QED) is 0.549. The standard InChI is InChI=1S/C17H37N6/c1-17(2)23(4)13-11-22(3,12-14-23)10-6-8-20-15-19-21(16-20)9-5-7-18/h15-17H,5-14,18H2,1-4H3/q+3. The van der Waals surface area contributed by atoms with Crippen molar-refractivity contribution in [2.75, 3.05) is 53.4 Å².